The fourth-order valence-corrected chi connectivity index (χ4v) is 3.10. The molecule has 3 rings (SSSR count). The summed E-state index contributed by atoms with van der Waals surface area (Å²) < 4.78 is 0.926. The number of aromatic nitrogens is 1. The lowest BCUT2D eigenvalue weighted by Crippen LogP contribution is -2.19. The summed E-state index contributed by atoms with van der Waals surface area (Å²) in [5.74, 6) is -0.337. The van der Waals surface area contributed by atoms with Crippen LogP contribution in [0, 0.1) is 6.92 Å². The number of hydrogen-bond acceptors (Lipinski definition) is 4. The lowest BCUT2D eigenvalue weighted by atomic mass is 10.2. The Morgan fingerprint density at radius 1 is 1.00 bits per heavy atom. The molecule has 0 unspecified atom stereocenters. The number of rotatable bonds is 4. The maximum Gasteiger partial charge on any atom is 0.325 e. The minimum atomic E-state index is -0.412. The van der Waals surface area contributed by atoms with Crippen LogP contribution in [0.4, 0.5) is 21.3 Å². The van der Waals surface area contributed by atoms with Crippen molar-refractivity contribution in [3.8, 4) is 0 Å². The van der Waals surface area contributed by atoms with E-state index < -0.39 is 6.03 Å². The number of nitrogens with one attached hydrogen (secondary N) is 3. The molecule has 0 saturated heterocycles. The van der Waals surface area contributed by atoms with Gasteiger partial charge < -0.3 is 10.6 Å². The van der Waals surface area contributed by atoms with Crippen molar-refractivity contribution in [1.82, 2.24) is 4.98 Å². The molecule has 0 spiro atoms. The lowest BCUT2D eigenvalue weighted by molar-refractivity contribution is 0.102. The highest BCUT2D eigenvalue weighted by atomic mass is 79.9. The van der Waals surface area contributed by atoms with Crippen LogP contribution in [0.3, 0.4) is 0 Å². The molecule has 0 aliphatic rings. The SMILES string of the molecule is Cc1cccc(NC(=O)Nc2nc(C(=O)Nc3ccc(Br)cc3)cs2)c1. The number of hydrogen-bond donors (Lipinski definition) is 3. The van der Waals surface area contributed by atoms with Gasteiger partial charge in [-0.1, -0.05) is 28.1 Å². The van der Waals surface area contributed by atoms with Gasteiger partial charge in [0.2, 0.25) is 0 Å². The zero-order valence-electron chi connectivity index (χ0n) is 13.7. The Morgan fingerprint density at radius 3 is 2.50 bits per heavy atom. The van der Waals surface area contributed by atoms with E-state index in [0.29, 0.717) is 16.5 Å². The Balaban J connectivity index is 1.59. The molecular formula is C18H15BrN4O2S. The Bertz CT molecular complexity index is 940. The molecule has 132 valence electrons. The summed E-state index contributed by atoms with van der Waals surface area (Å²) in [5.41, 5.74) is 2.64. The quantitative estimate of drug-likeness (QED) is 0.537. The first-order valence-electron chi connectivity index (χ1n) is 7.67. The number of halogens is 1. The molecule has 0 aliphatic heterocycles. The minimum Gasteiger partial charge on any atom is -0.321 e. The molecule has 3 amide bonds. The molecule has 0 bridgehead atoms. The average molecular weight is 431 g/mol. The second-order valence-corrected chi connectivity index (χ2v) is 7.22. The average Bonchev–Trinajstić information content (AvgIpc) is 3.05. The minimum absolute atomic E-state index is 0.240. The van der Waals surface area contributed by atoms with Crippen LogP contribution in [0.5, 0.6) is 0 Å². The lowest BCUT2D eigenvalue weighted by Gasteiger charge is -2.06. The molecule has 26 heavy (non-hydrogen) atoms. The monoisotopic (exact) mass is 430 g/mol. The Labute approximate surface area is 162 Å². The highest BCUT2D eigenvalue weighted by molar-refractivity contribution is 9.10. The molecule has 8 heteroatoms. The predicted molar refractivity (Wildman–Crippen MR) is 108 cm³/mol. The van der Waals surface area contributed by atoms with Crippen LogP contribution in [0.1, 0.15) is 16.1 Å². The van der Waals surface area contributed by atoms with Gasteiger partial charge >= 0.3 is 6.03 Å². The van der Waals surface area contributed by atoms with Gasteiger partial charge in [-0.25, -0.2) is 9.78 Å². The molecule has 6 nitrogen and oxygen atoms in total. The molecule has 0 radical (unpaired) electrons. The highest BCUT2D eigenvalue weighted by Crippen LogP contribution is 2.19. The van der Waals surface area contributed by atoms with Crippen molar-refractivity contribution in [3.63, 3.8) is 0 Å². The molecule has 2 aromatic carbocycles. The summed E-state index contributed by atoms with van der Waals surface area (Å²) in [5, 5.41) is 10.0. The number of amides is 3. The zero-order chi connectivity index (χ0) is 18.5. The summed E-state index contributed by atoms with van der Waals surface area (Å²) in [6, 6.07) is 14.3. The fraction of sp³-hybridized carbons (Fsp3) is 0.0556. The standard InChI is InChI=1S/C18H15BrN4O2S/c1-11-3-2-4-14(9-11)21-17(25)23-18-22-15(10-26-18)16(24)20-13-7-5-12(19)6-8-13/h2-10H,1H3,(H,20,24)(H2,21,22,23,25). The van der Waals surface area contributed by atoms with Crippen LogP contribution < -0.4 is 16.0 Å². The maximum absolute atomic E-state index is 12.2. The van der Waals surface area contributed by atoms with E-state index >= 15 is 0 Å². The highest BCUT2D eigenvalue weighted by Gasteiger charge is 2.13. The van der Waals surface area contributed by atoms with Gasteiger partial charge in [0.05, 0.1) is 0 Å². The third-order valence-electron chi connectivity index (χ3n) is 3.34. The van der Waals surface area contributed by atoms with Gasteiger partial charge in [-0.05, 0) is 48.9 Å². The molecule has 0 atom stereocenters. The largest absolute Gasteiger partial charge is 0.325 e. The third-order valence-corrected chi connectivity index (χ3v) is 4.62. The summed E-state index contributed by atoms with van der Waals surface area (Å²) in [6.07, 6.45) is 0. The topological polar surface area (TPSA) is 83.1 Å². The number of nitrogens with zero attached hydrogens (tertiary/aromatic N) is 1. The number of aryl methyl sites for hydroxylation is 1. The first-order chi connectivity index (χ1) is 12.5. The van der Waals surface area contributed by atoms with Crippen molar-refractivity contribution >= 4 is 55.7 Å². The summed E-state index contributed by atoms with van der Waals surface area (Å²) in [4.78, 5) is 28.4. The number of benzene rings is 2. The molecule has 0 aliphatic carbocycles. The van der Waals surface area contributed by atoms with Gasteiger partial charge in [-0.15, -0.1) is 11.3 Å². The van der Waals surface area contributed by atoms with Gasteiger partial charge in [0.25, 0.3) is 5.91 Å². The van der Waals surface area contributed by atoms with Crippen molar-refractivity contribution in [2.45, 2.75) is 6.92 Å². The molecule has 1 heterocycles. The van der Waals surface area contributed by atoms with Crippen molar-refractivity contribution in [2.24, 2.45) is 0 Å². The van der Waals surface area contributed by atoms with Crippen molar-refractivity contribution in [1.29, 1.82) is 0 Å². The van der Waals surface area contributed by atoms with Gasteiger partial charge in [-0.2, -0.15) is 0 Å². The summed E-state index contributed by atoms with van der Waals surface area (Å²) in [7, 11) is 0. The van der Waals surface area contributed by atoms with E-state index in [1.165, 1.54) is 11.3 Å². The predicted octanol–water partition coefficient (Wildman–Crippen LogP) is 5.11. The number of urea groups is 1. The third kappa shape index (κ3) is 4.90. The molecule has 0 saturated carbocycles. The van der Waals surface area contributed by atoms with Crippen LogP contribution in [0.25, 0.3) is 0 Å². The fourth-order valence-electron chi connectivity index (χ4n) is 2.15. The second kappa shape index (κ2) is 8.11. The van der Waals surface area contributed by atoms with E-state index in [1.807, 2.05) is 37.3 Å². The molecule has 3 N–H and O–H groups in total. The zero-order valence-corrected chi connectivity index (χ0v) is 16.1. The molecular weight excluding hydrogens is 416 g/mol. The first kappa shape index (κ1) is 18.1. The van der Waals surface area contributed by atoms with Crippen molar-refractivity contribution < 1.29 is 9.59 Å². The van der Waals surface area contributed by atoms with Crippen LogP contribution in [-0.4, -0.2) is 16.9 Å². The second-order valence-electron chi connectivity index (χ2n) is 5.45. The smallest absolute Gasteiger partial charge is 0.321 e. The Hall–Kier alpha value is -2.71. The van der Waals surface area contributed by atoms with Gasteiger partial charge in [0, 0.05) is 21.2 Å². The van der Waals surface area contributed by atoms with Crippen LogP contribution in [0.15, 0.2) is 58.4 Å². The van der Waals surface area contributed by atoms with E-state index in [-0.39, 0.29) is 11.6 Å². The van der Waals surface area contributed by atoms with Crippen molar-refractivity contribution in [2.75, 3.05) is 16.0 Å². The summed E-state index contributed by atoms with van der Waals surface area (Å²) in [6.45, 7) is 1.94. The van der Waals surface area contributed by atoms with Crippen LogP contribution in [0.2, 0.25) is 0 Å². The normalized spacial score (nSPS) is 10.2. The number of carbonyl (C=O) groups excluding carboxylic acids is 2. The van der Waals surface area contributed by atoms with Crippen LogP contribution in [-0.2, 0) is 0 Å². The van der Waals surface area contributed by atoms with E-state index in [4.69, 9.17) is 0 Å². The van der Waals surface area contributed by atoms with Gasteiger partial charge in [0.15, 0.2) is 5.13 Å². The van der Waals surface area contributed by atoms with Crippen molar-refractivity contribution in [3.05, 3.63) is 69.6 Å². The van der Waals surface area contributed by atoms with Gasteiger partial charge in [-0.3, -0.25) is 10.1 Å². The van der Waals surface area contributed by atoms with E-state index in [2.05, 4.69) is 36.9 Å². The number of thiazole rings is 1. The first-order valence-corrected chi connectivity index (χ1v) is 9.34. The van der Waals surface area contributed by atoms with E-state index in [1.54, 1.807) is 23.6 Å². The maximum atomic E-state index is 12.2. The van der Waals surface area contributed by atoms with E-state index in [9.17, 15) is 9.59 Å². The van der Waals surface area contributed by atoms with Crippen LogP contribution >= 0.6 is 27.3 Å². The summed E-state index contributed by atoms with van der Waals surface area (Å²) >= 11 is 4.52. The Kier molecular flexibility index (Phi) is 5.65. The molecule has 0 fully saturated rings. The molecule has 1 aromatic heterocycles. The number of anilines is 3. The Morgan fingerprint density at radius 2 is 1.77 bits per heavy atom. The van der Waals surface area contributed by atoms with Gasteiger partial charge in [0.1, 0.15) is 5.69 Å². The molecule has 3 aromatic rings. The van der Waals surface area contributed by atoms with E-state index in [0.717, 1.165) is 10.0 Å². The number of carbonyl (C=O) groups is 2.